The Morgan fingerprint density at radius 3 is 2.62 bits per heavy atom. The van der Waals surface area contributed by atoms with Gasteiger partial charge in [-0.25, -0.2) is 4.79 Å². The van der Waals surface area contributed by atoms with Crippen LogP contribution in [0.25, 0.3) is 0 Å². The van der Waals surface area contributed by atoms with E-state index in [1.165, 1.54) is 0 Å². The Kier molecular flexibility index (Phi) is 4.07. The van der Waals surface area contributed by atoms with Crippen molar-refractivity contribution >= 4 is 5.97 Å². The number of aryl methyl sites for hydroxylation is 1. The SMILES string of the molecule is CCOC(=O)c1c(CC)ccc(C#N)c1C. The van der Waals surface area contributed by atoms with Crippen LogP contribution in [0.3, 0.4) is 0 Å². The lowest BCUT2D eigenvalue weighted by Crippen LogP contribution is -2.11. The maximum Gasteiger partial charge on any atom is 0.338 e. The lowest BCUT2D eigenvalue weighted by atomic mass is 9.96. The smallest absolute Gasteiger partial charge is 0.338 e. The summed E-state index contributed by atoms with van der Waals surface area (Å²) in [7, 11) is 0. The fourth-order valence-electron chi connectivity index (χ4n) is 1.67. The van der Waals surface area contributed by atoms with Gasteiger partial charge in [0.05, 0.1) is 23.8 Å². The maximum absolute atomic E-state index is 11.8. The van der Waals surface area contributed by atoms with Crippen molar-refractivity contribution in [3.05, 3.63) is 34.4 Å². The van der Waals surface area contributed by atoms with Crippen molar-refractivity contribution in [2.75, 3.05) is 6.61 Å². The average Bonchev–Trinajstić information content (AvgIpc) is 2.28. The van der Waals surface area contributed by atoms with E-state index in [0.29, 0.717) is 23.3 Å². The molecule has 0 atom stereocenters. The summed E-state index contributed by atoms with van der Waals surface area (Å²) in [6.07, 6.45) is 0.751. The first-order valence-electron chi connectivity index (χ1n) is 5.35. The van der Waals surface area contributed by atoms with Gasteiger partial charge in [-0.1, -0.05) is 13.0 Å². The van der Waals surface area contributed by atoms with Crippen molar-refractivity contribution in [1.29, 1.82) is 5.26 Å². The summed E-state index contributed by atoms with van der Waals surface area (Å²) in [5, 5.41) is 8.92. The van der Waals surface area contributed by atoms with Crippen molar-refractivity contribution in [2.24, 2.45) is 0 Å². The highest BCUT2D eigenvalue weighted by molar-refractivity contribution is 5.93. The number of benzene rings is 1. The Bertz CT molecular complexity index is 444. The second-order valence-electron chi connectivity index (χ2n) is 3.46. The standard InChI is InChI=1S/C13H15NO2/c1-4-10-6-7-11(8-14)9(3)12(10)13(15)16-5-2/h6-7H,4-5H2,1-3H3. The van der Waals surface area contributed by atoms with Gasteiger partial charge >= 0.3 is 5.97 Å². The van der Waals surface area contributed by atoms with Gasteiger partial charge < -0.3 is 4.74 Å². The molecule has 0 heterocycles. The molecule has 84 valence electrons. The third-order valence-electron chi connectivity index (χ3n) is 2.53. The number of rotatable bonds is 3. The minimum atomic E-state index is -0.339. The number of carbonyl (C=O) groups is 1. The van der Waals surface area contributed by atoms with Crippen molar-refractivity contribution in [1.82, 2.24) is 0 Å². The van der Waals surface area contributed by atoms with E-state index < -0.39 is 0 Å². The Morgan fingerprint density at radius 2 is 2.12 bits per heavy atom. The van der Waals surface area contributed by atoms with Gasteiger partial charge in [-0.3, -0.25) is 0 Å². The van der Waals surface area contributed by atoms with Crippen molar-refractivity contribution in [3.8, 4) is 6.07 Å². The minimum absolute atomic E-state index is 0.339. The molecule has 0 aliphatic heterocycles. The molecule has 0 fully saturated rings. The van der Waals surface area contributed by atoms with Gasteiger partial charge in [0, 0.05) is 0 Å². The van der Waals surface area contributed by atoms with Crippen LogP contribution in [-0.4, -0.2) is 12.6 Å². The van der Waals surface area contributed by atoms with Gasteiger partial charge in [0.25, 0.3) is 0 Å². The molecular formula is C13H15NO2. The summed E-state index contributed by atoms with van der Waals surface area (Å²) >= 11 is 0. The van der Waals surface area contributed by atoms with E-state index in [-0.39, 0.29) is 5.97 Å². The van der Waals surface area contributed by atoms with Crippen molar-refractivity contribution in [3.63, 3.8) is 0 Å². The van der Waals surface area contributed by atoms with Crippen LogP contribution in [0.15, 0.2) is 12.1 Å². The number of esters is 1. The van der Waals surface area contributed by atoms with E-state index in [9.17, 15) is 4.79 Å². The average molecular weight is 217 g/mol. The predicted molar refractivity (Wildman–Crippen MR) is 61.2 cm³/mol. The first-order chi connectivity index (χ1) is 7.65. The van der Waals surface area contributed by atoms with Gasteiger partial charge in [-0.15, -0.1) is 0 Å². The second kappa shape index (κ2) is 5.32. The molecule has 0 unspecified atom stereocenters. The molecule has 0 N–H and O–H groups in total. The molecule has 16 heavy (non-hydrogen) atoms. The van der Waals surface area contributed by atoms with Crippen molar-refractivity contribution < 1.29 is 9.53 Å². The van der Waals surface area contributed by atoms with E-state index in [2.05, 4.69) is 6.07 Å². The van der Waals surface area contributed by atoms with Crippen LogP contribution in [0, 0.1) is 18.3 Å². The molecule has 0 radical (unpaired) electrons. The highest BCUT2D eigenvalue weighted by atomic mass is 16.5. The van der Waals surface area contributed by atoms with Crippen LogP contribution >= 0.6 is 0 Å². The topological polar surface area (TPSA) is 50.1 Å². The lowest BCUT2D eigenvalue weighted by Gasteiger charge is -2.11. The maximum atomic E-state index is 11.8. The Hall–Kier alpha value is -1.82. The lowest BCUT2D eigenvalue weighted by molar-refractivity contribution is 0.0524. The monoisotopic (exact) mass is 217 g/mol. The second-order valence-corrected chi connectivity index (χ2v) is 3.46. The fourth-order valence-corrected chi connectivity index (χ4v) is 1.67. The number of nitriles is 1. The molecule has 1 aromatic rings. The Labute approximate surface area is 95.7 Å². The zero-order valence-corrected chi connectivity index (χ0v) is 9.83. The van der Waals surface area contributed by atoms with Crippen LogP contribution in [0.1, 0.15) is 40.9 Å². The van der Waals surface area contributed by atoms with E-state index in [1.807, 2.05) is 13.0 Å². The van der Waals surface area contributed by atoms with Gasteiger partial charge in [0.2, 0.25) is 0 Å². The molecule has 0 aliphatic carbocycles. The zero-order valence-electron chi connectivity index (χ0n) is 9.83. The summed E-state index contributed by atoms with van der Waals surface area (Å²) in [5.41, 5.74) is 2.71. The highest BCUT2D eigenvalue weighted by Crippen LogP contribution is 2.20. The molecular weight excluding hydrogens is 202 g/mol. The summed E-state index contributed by atoms with van der Waals surface area (Å²) in [5.74, 6) is -0.339. The molecule has 0 saturated heterocycles. The molecule has 0 amide bonds. The molecule has 1 aromatic carbocycles. The zero-order chi connectivity index (χ0) is 12.1. The van der Waals surface area contributed by atoms with Crippen LogP contribution < -0.4 is 0 Å². The van der Waals surface area contributed by atoms with Crippen LogP contribution in [0.5, 0.6) is 0 Å². The normalized spacial score (nSPS) is 9.62. The Balaban J connectivity index is 3.33. The van der Waals surface area contributed by atoms with Gasteiger partial charge in [-0.05, 0) is 37.5 Å². The summed E-state index contributed by atoms with van der Waals surface area (Å²) in [6, 6.07) is 5.64. The number of hydrogen-bond donors (Lipinski definition) is 0. The molecule has 0 bridgehead atoms. The molecule has 3 heteroatoms. The number of carbonyl (C=O) groups excluding carboxylic acids is 1. The van der Waals surface area contributed by atoms with E-state index in [0.717, 1.165) is 12.0 Å². The first-order valence-corrected chi connectivity index (χ1v) is 5.35. The number of hydrogen-bond acceptors (Lipinski definition) is 3. The first kappa shape index (κ1) is 12.3. The van der Waals surface area contributed by atoms with Crippen molar-refractivity contribution in [2.45, 2.75) is 27.2 Å². The predicted octanol–water partition coefficient (Wildman–Crippen LogP) is 2.61. The minimum Gasteiger partial charge on any atom is -0.462 e. The Morgan fingerprint density at radius 1 is 1.44 bits per heavy atom. The van der Waals surface area contributed by atoms with Crippen LogP contribution in [0.4, 0.5) is 0 Å². The number of ether oxygens (including phenoxy) is 1. The number of nitrogens with zero attached hydrogens (tertiary/aromatic N) is 1. The molecule has 0 aliphatic rings. The summed E-state index contributed by atoms with van der Waals surface area (Å²) in [4.78, 5) is 11.8. The molecule has 0 saturated carbocycles. The van der Waals surface area contributed by atoms with E-state index in [4.69, 9.17) is 10.00 Å². The third-order valence-corrected chi connectivity index (χ3v) is 2.53. The molecule has 3 nitrogen and oxygen atoms in total. The fraction of sp³-hybridized carbons (Fsp3) is 0.385. The van der Waals surface area contributed by atoms with Crippen LogP contribution in [-0.2, 0) is 11.2 Å². The van der Waals surface area contributed by atoms with Gasteiger partial charge in [-0.2, -0.15) is 5.26 Å². The van der Waals surface area contributed by atoms with E-state index >= 15 is 0 Å². The third kappa shape index (κ3) is 2.22. The largest absolute Gasteiger partial charge is 0.462 e. The van der Waals surface area contributed by atoms with Crippen LogP contribution in [0.2, 0.25) is 0 Å². The molecule has 1 rings (SSSR count). The quantitative estimate of drug-likeness (QED) is 0.731. The highest BCUT2D eigenvalue weighted by Gasteiger charge is 2.16. The summed E-state index contributed by atoms with van der Waals surface area (Å²) in [6.45, 7) is 5.87. The summed E-state index contributed by atoms with van der Waals surface area (Å²) < 4.78 is 5.00. The van der Waals surface area contributed by atoms with Gasteiger partial charge in [0.1, 0.15) is 0 Å². The van der Waals surface area contributed by atoms with E-state index in [1.54, 1.807) is 19.9 Å². The molecule has 0 spiro atoms. The van der Waals surface area contributed by atoms with Gasteiger partial charge in [0.15, 0.2) is 0 Å². The molecule has 0 aromatic heterocycles.